The fraction of sp³-hybridized carbons (Fsp3) is 0.688. The predicted octanol–water partition coefficient (Wildman–Crippen LogP) is 3.24. The van der Waals surface area contributed by atoms with Crippen molar-refractivity contribution in [1.29, 1.82) is 0 Å². The quantitative estimate of drug-likeness (QED) is 0.311. The van der Waals surface area contributed by atoms with Gasteiger partial charge < -0.3 is 4.74 Å². The summed E-state index contributed by atoms with van der Waals surface area (Å²) in [5, 5.41) is 0. The number of hydrogen-bond donors (Lipinski definition) is 0. The number of rotatable bonds is 7. The Kier molecular flexibility index (Phi) is 7.40. The SMILES string of the molecule is CC(C)=CCCC(C)CC(=O)C(=O)C(=O)OC(C)(C)C. The molecule has 4 nitrogen and oxygen atoms in total. The standard InChI is InChI=1S/C16H26O4/c1-11(2)8-7-9-12(3)10-13(17)14(18)15(19)20-16(4,5)6/h8,12H,7,9-10H2,1-6H3. The lowest BCUT2D eigenvalue weighted by atomic mass is 9.97. The summed E-state index contributed by atoms with van der Waals surface area (Å²) >= 11 is 0. The fourth-order valence-corrected chi connectivity index (χ4v) is 1.61. The van der Waals surface area contributed by atoms with Crippen LogP contribution in [0.2, 0.25) is 0 Å². The van der Waals surface area contributed by atoms with Crippen LogP contribution in [-0.4, -0.2) is 23.1 Å². The lowest BCUT2D eigenvalue weighted by Crippen LogP contribution is -2.33. The maximum absolute atomic E-state index is 11.7. The zero-order chi connectivity index (χ0) is 15.9. The molecule has 0 aliphatic carbocycles. The number of Topliss-reactive ketones (excluding diaryl/α,β-unsaturated/α-hetero) is 2. The molecular weight excluding hydrogens is 256 g/mol. The molecule has 0 heterocycles. The Morgan fingerprint density at radius 1 is 1.15 bits per heavy atom. The zero-order valence-electron chi connectivity index (χ0n) is 13.4. The molecule has 114 valence electrons. The normalized spacial score (nSPS) is 12.5. The van der Waals surface area contributed by atoms with E-state index in [1.165, 1.54) is 5.57 Å². The summed E-state index contributed by atoms with van der Waals surface area (Å²) in [6.07, 6.45) is 3.88. The van der Waals surface area contributed by atoms with E-state index in [0.717, 1.165) is 12.8 Å². The van der Waals surface area contributed by atoms with E-state index >= 15 is 0 Å². The first-order chi connectivity index (χ1) is 9.03. The minimum Gasteiger partial charge on any atom is -0.454 e. The van der Waals surface area contributed by atoms with Crippen LogP contribution in [0.1, 0.15) is 60.8 Å². The highest BCUT2D eigenvalue weighted by Gasteiger charge is 2.28. The monoisotopic (exact) mass is 282 g/mol. The zero-order valence-corrected chi connectivity index (χ0v) is 13.4. The second kappa shape index (κ2) is 7.98. The molecule has 0 bridgehead atoms. The Bertz CT molecular complexity index is 395. The third-order valence-electron chi connectivity index (χ3n) is 2.58. The average Bonchev–Trinajstić information content (AvgIpc) is 2.24. The molecule has 0 aromatic heterocycles. The van der Waals surface area contributed by atoms with Crippen LogP contribution < -0.4 is 0 Å². The second-order valence-corrected chi connectivity index (χ2v) is 6.42. The molecule has 0 aliphatic heterocycles. The maximum atomic E-state index is 11.7. The van der Waals surface area contributed by atoms with Crippen molar-refractivity contribution in [2.45, 2.75) is 66.4 Å². The van der Waals surface area contributed by atoms with Gasteiger partial charge in [0.2, 0.25) is 5.78 Å². The molecule has 0 aromatic rings. The van der Waals surface area contributed by atoms with Gasteiger partial charge in [-0.3, -0.25) is 9.59 Å². The van der Waals surface area contributed by atoms with Crippen molar-refractivity contribution in [3.05, 3.63) is 11.6 Å². The summed E-state index contributed by atoms with van der Waals surface area (Å²) in [6.45, 7) is 10.9. The number of allylic oxidation sites excluding steroid dienone is 2. The Morgan fingerprint density at radius 2 is 1.70 bits per heavy atom. The van der Waals surface area contributed by atoms with E-state index in [0.29, 0.717) is 0 Å². The minimum absolute atomic E-state index is 0.0736. The van der Waals surface area contributed by atoms with Crippen LogP contribution in [0.4, 0.5) is 0 Å². The van der Waals surface area contributed by atoms with Gasteiger partial charge in [0.1, 0.15) is 5.60 Å². The van der Waals surface area contributed by atoms with Crippen LogP contribution in [0.5, 0.6) is 0 Å². The summed E-state index contributed by atoms with van der Waals surface area (Å²) in [5.74, 6) is -2.69. The highest BCUT2D eigenvalue weighted by Crippen LogP contribution is 2.14. The van der Waals surface area contributed by atoms with Gasteiger partial charge in [-0.15, -0.1) is 0 Å². The molecule has 20 heavy (non-hydrogen) atoms. The van der Waals surface area contributed by atoms with Crippen molar-refractivity contribution in [3.8, 4) is 0 Å². The average molecular weight is 282 g/mol. The third-order valence-corrected chi connectivity index (χ3v) is 2.58. The lowest BCUT2D eigenvalue weighted by Gasteiger charge is -2.18. The van der Waals surface area contributed by atoms with Crippen molar-refractivity contribution < 1.29 is 19.1 Å². The molecule has 0 amide bonds. The Morgan fingerprint density at radius 3 is 2.15 bits per heavy atom. The number of hydrogen-bond acceptors (Lipinski definition) is 4. The van der Waals surface area contributed by atoms with E-state index in [4.69, 9.17) is 4.74 Å². The summed E-state index contributed by atoms with van der Waals surface area (Å²) in [4.78, 5) is 34.8. The highest BCUT2D eigenvalue weighted by atomic mass is 16.6. The van der Waals surface area contributed by atoms with E-state index in [9.17, 15) is 14.4 Å². The minimum atomic E-state index is -1.06. The molecule has 0 fully saturated rings. The van der Waals surface area contributed by atoms with Gasteiger partial charge in [-0.2, -0.15) is 0 Å². The molecule has 1 unspecified atom stereocenters. The van der Waals surface area contributed by atoms with E-state index in [-0.39, 0.29) is 12.3 Å². The van der Waals surface area contributed by atoms with Gasteiger partial charge in [0, 0.05) is 6.42 Å². The van der Waals surface area contributed by atoms with Crippen LogP contribution in [0.3, 0.4) is 0 Å². The van der Waals surface area contributed by atoms with Crippen LogP contribution in [0, 0.1) is 5.92 Å². The largest absolute Gasteiger partial charge is 0.454 e. The van der Waals surface area contributed by atoms with Gasteiger partial charge in [0.25, 0.3) is 0 Å². The lowest BCUT2D eigenvalue weighted by molar-refractivity contribution is -0.164. The highest BCUT2D eigenvalue weighted by molar-refractivity contribution is 6.62. The van der Waals surface area contributed by atoms with E-state index in [2.05, 4.69) is 6.08 Å². The van der Waals surface area contributed by atoms with Crippen molar-refractivity contribution in [2.75, 3.05) is 0 Å². The van der Waals surface area contributed by atoms with Crippen LogP contribution >= 0.6 is 0 Å². The summed E-state index contributed by atoms with van der Waals surface area (Å²) in [6, 6.07) is 0. The molecule has 0 rings (SSSR count). The van der Waals surface area contributed by atoms with Crippen LogP contribution in [0.15, 0.2) is 11.6 Å². The van der Waals surface area contributed by atoms with Crippen molar-refractivity contribution in [1.82, 2.24) is 0 Å². The Labute approximate surface area is 121 Å². The molecule has 1 atom stereocenters. The second-order valence-electron chi connectivity index (χ2n) is 6.42. The molecule has 0 saturated heterocycles. The number of carbonyl (C=O) groups is 3. The van der Waals surface area contributed by atoms with Gasteiger partial charge in [-0.25, -0.2) is 4.79 Å². The summed E-state index contributed by atoms with van der Waals surface area (Å²) < 4.78 is 4.90. The number of ketones is 2. The molecular formula is C16H26O4. The van der Waals surface area contributed by atoms with Crippen LogP contribution in [-0.2, 0) is 19.1 Å². The predicted molar refractivity (Wildman–Crippen MR) is 78.3 cm³/mol. The molecule has 0 radical (unpaired) electrons. The van der Waals surface area contributed by atoms with E-state index in [1.807, 2.05) is 20.8 Å². The van der Waals surface area contributed by atoms with Gasteiger partial charge in [-0.1, -0.05) is 18.6 Å². The molecule has 0 aromatic carbocycles. The number of ether oxygens (including phenoxy) is 1. The maximum Gasteiger partial charge on any atom is 0.383 e. The summed E-state index contributed by atoms with van der Waals surface area (Å²) in [7, 11) is 0. The topological polar surface area (TPSA) is 60.4 Å². The first-order valence-electron chi connectivity index (χ1n) is 6.96. The first-order valence-corrected chi connectivity index (χ1v) is 6.96. The van der Waals surface area contributed by atoms with Crippen molar-refractivity contribution in [3.63, 3.8) is 0 Å². The van der Waals surface area contributed by atoms with Crippen molar-refractivity contribution in [2.24, 2.45) is 5.92 Å². The number of esters is 1. The van der Waals surface area contributed by atoms with Crippen LogP contribution in [0.25, 0.3) is 0 Å². The Balaban J connectivity index is 4.29. The van der Waals surface area contributed by atoms with Gasteiger partial charge >= 0.3 is 11.8 Å². The molecule has 4 heteroatoms. The van der Waals surface area contributed by atoms with Gasteiger partial charge in [-0.05, 0) is 53.4 Å². The van der Waals surface area contributed by atoms with Crippen molar-refractivity contribution >= 4 is 17.5 Å². The van der Waals surface area contributed by atoms with Gasteiger partial charge in [0.15, 0.2) is 0 Å². The number of carbonyl (C=O) groups excluding carboxylic acids is 3. The molecule has 0 spiro atoms. The Hall–Kier alpha value is -1.45. The molecule has 0 aliphatic rings. The van der Waals surface area contributed by atoms with E-state index in [1.54, 1.807) is 20.8 Å². The van der Waals surface area contributed by atoms with E-state index < -0.39 is 23.1 Å². The molecule has 0 N–H and O–H groups in total. The molecule has 0 saturated carbocycles. The third kappa shape index (κ3) is 8.62. The first kappa shape index (κ1) is 18.6. The summed E-state index contributed by atoms with van der Waals surface area (Å²) in [5.41, 5.74) is 0.468. The van der Waals surface area contributed by atoms with Gasteiger partial charge in [0.05, 0.1) is 0 Å². The fourth-order valence-electron chi connectivity index (χ4n) is 1.61. The smallest absolute Gasteiger partial charge is 0.383 e.